The van der Waals surface area contributed by atoms with Crippen LogP contribution >= 0.6 is 11.8 Å². The van der Waals surface area contributed by atoms with Gasteiger partial charge in [-0.25, -0.2) is 4.99 Å². The number of amides is 2. The molecule has 0 saturated heterocycles. The van der Waals surface area contributed by atoms with E-state index in [1.165, 1.54) is 0 Å². The largest absolute Gasteiger partial charge is 0.496 e. The molecule has 0 aliphatic carbocycles. The molecule has 8 heteroatoms. The van der Waals surface area contributed by atoms with E-state index in [2.05, 4.69) is 16.4 Å². The molecule has 1 unspecified atom stereocenters. The van der Waals surface area contributed by atoms with Crippen molar-refractivity contribution in [3.63, 3.8) is 0 Å². The van der Waals surface area contributed by atoms with Crippen LogP contribution in [0, 0.1) is 17.2 Å². The number of primary amides is 1. The average molecular weight is 435 g/mol. The van der Waals surface area contributed by atoms with Crippen LogP contribution in [-0.2, 0) is 9.59 Å². The predicted molar refractivity (Wildman–Crippen MR) is 122 cm³/mol. The molecule has 2 aromatic carbocycles. The highest BCUT2D eigenvalue weighted by molar-refractivity contribution is 8.03. The number of rotatable bonds is 7. The molecule has 0 bridgehead atoms. The number of nitriles is 1. The van der Waals surface area contributed by atoms with E-state index in [9.17, 15) is 14.9 Å². The Morgan fingerprint density at radius 3 is 2.52 bits per heavy atom. The number of ether oxygens (including phenoxy) is 1. The monoisotopic (exact) mass is 434 g/mol. The van der Waals surface area contributed by atoms with Crippen LogP contribution < -0.4 is 15.8 Å². The predicted octanol–water partition coefficient (Wildman–Crippen LogP) is 3.46. The van der Waals surface area contributed by atoms with E-state index in [-0.39, 0.29) is 11.7 Å². The maximum atomic E-state index is 13.3. The Morgan fingerprint density at radius 2 is 1.87 bits per heavy atom. The fourth-order valence-corrected chi connectivity index (χ4v) is 4.35. The summed E-state index contributed by atoms with van der Waals surface area (Å²) >= 11 is 1.09. The summed E-state index contributed by atoms with van der Waals surface area (Å²) in [7, 11) is 1.54. The summed E-state index contributed by atoms with van der Waals surface area (Å²) in [6.45, 7) is 1.75. The number of hydrogen-bond donors (Lipinski definition) is 2. The molecule has 0 saturated carbocycles. The van der Waals surface area contributed by atoms with Gasteiger partial charge in [-0.3, -0.25) is 9.59 Å². The van der Waals surface area contributed by atoms with Gasteiger partial charge in [0.15, 0.2) is 0 Å². The number of methoxy groups -OCH3 is 1. The van der Waals surface area contributed by atoms with E-state index >= 15 is 0 Å². The molecule has 0 spiro atoms. The molecule has 0 radical (unpaired) electrons. The van der Waals surface area contributed by atoms with Crippen molar-refractivity contribution in [1.29, 1.82) is 5.26 Å². The van der Waals surface area contributed by atoms with Gasteiger partial charge in [0.25, 0.3) is 0 Å². The second-order valence-electron chi connectivity index (χ2n) is 6.89. The fourth-order valence-electron chi connectivity index (χ4n) is 3.54. The number of carbonyl (C=O) groups excluding carboxylic acids is 2. The zero-order valence-electron chi connectivity index (χ0n) is 17.2. The number of carbonyl (C=O) groups is 2. The molecule has 7 nitrogen and oxygen atoms in total. The van der Waals surface area contributed by atoms with Crippen molar-refractivity contribution in [2.45, 2.75) is 12.8 Å². The van der Waals surface area contributed by atoms with Gasteiger partial charge in [-0.15, -0.1) is 0 Å². The van der Waals surface area contributed by atoms with Gasteiger partial charge in [-0.2, -0.15) is 5.26 Å². The maximum Gasteiger partial charge on any atom is 0.234 e. The van der Waals surface area contributed by atoms with Crippen molar-refractivity contribution in [2.75, 3.05) is 18.2 Å². The van der Waals surface area contributed by atoms with E-state index in [0.717, 1.165) is 11.8 Å². The third kappa shape index (κ3) is 4.95. The Morgan fingerprint density at radius 1 is 1.19 bits per heavy atom. The van der Waals surface area contributed by atoms with E-state index in [1.807, 2.05) is 36.4 Å². The van der Waals surface area contributed by atoms with Crippen molar-refractivity contribution in [1.82, 2.24) is 0 Å². The number of para-hydroxylation sites is 2. The molecule has 2 amide bonds. The third-order valence-corrected chi connectivity index (χ3v) is 5.89. The Hall–Kier alpha value is -3.57. The standard InChI is InChI=1S/C23H22N4O3S/c1-14-20(22(29)27-15-8-4-3-5-9-15)21(16-10-6-7-11-18(16)30-2)17(12-24)23(26-14)31-13-19(25)28/h3-11,20-21H,13H2,1-2H3,(H2,25,28)(H,27,29)/t20?,21-/m0/s1. The number of thioether (sulfide) groups is 1. The number of allylic oxidation sites excluding steroid dienone is 1. The molecule has 0 aromatic heterocycles. The Labute approximate surface area is 185 Å². The SMILES string of the molecule is COc1ccccc1[C@H]1C(C#N)=C(SCC(N)=O)N=C(C)C1C(=O)Nc1ccccc1. The molecule has 1 heterocycles. The first-order valence-corrected chi connectivity index (χ1v) is 10.5. The summed E-state index contributed by atoms with van der Waals surface area (Å²) in [4.78, 5) is 29.2. The van der Waals surface area contributed by atoms with Gasteiger partial charge in [-0.1, -0.05) is 48.2 Å². The fraction of sp³-hybridized carbons (Fsp3) is 0.217. The quantitative estimate of drug-likeness (QED) is 0.692. The number of anilines is 1. The molecule has 2 atom stereocenters. The maximum absolute atomic E-state index is 13.3. The highest BCUT2D eigenvalue weighted by Crippen LogP contribution is 2.44. The van der Waals surface area contributed by atoms with E-state index in [4.69, 9.17) is 10.5 Å². The van der Waals surface area contributed by atoms with Gasteiger partial charge < -0.3 is 15.8 Å². The molecule has 31 heavy (non-hydrogen) atoms. The van der Waals surface area contributed by atoms with Crippen LogP contribution in [0.2, 0.25) is 0 Å². The summed E-state index contributed by atoms with van der Waals surface area (Å²) < 4.78 is 5.52. The van der Waals surface area contributed by atoms with Crippen LogP contribution in [-0.4, -0.2) is 30.4 Å². The zero-order valence-corrected chi connectivity index (χ0v) is 18.0. The lowest BCUT2D eigenvalue weighted by atomic mass is 9.76. The highest BCUT2D eigenvalue weighted by atomic mass is 32.2. The van der Waals surface area contributed by atoms with Crippen LogP contribution in [0.4, 0.5) is 5.69 Å². The molecule has 0 fully saturated rings. The van der Waals surface area contributed by atoms with Gasteiger partial charge in [0.2, 0.25) is 11.8 Å². The first kappa shape index (κ1) is 22.1. The summed E-state index contributed by atoms with van der Waals surface area (Å²) in [6.07, 6.45) is 0. The minimum Gasteiger partial charge on any atom is -0.496 e. The number of aliphatic imine (C=N–C) groups is 1. The molecule has 2 aromatic rings. The lowest BCUT2D eigenvalue weighted by Gasteiger charge is -2.31. The van der Waals surface area contributed by atoms with E-state index in [0.29, 0.717) is 33.3 Å². The Bertz CT molecular complexity index is 1090. The van der Waals surface area contributed by atoms with Crippen molar-refractivity contribution in [3.8, 4) is 11.8 Å². The van der Waals surface area contributed by atoms with Crippen LogP contribution in [0.25, 0.3) is 0 Å². The smallest absolute Gasteiger partial charge is 0.234 e. The van der Waals surface area contributed by atoms with E-state index < -0.39 is 17.7 Å². The summed E-state index contributed by atoms with van der Waals surface area (Å²) in [6, 6.07) is 18.6. The first-order chi connectivity index (χ1) is 15.0. The third-order valence-electron chi connectivity index (χ3n) is 4.87. The lowest BCUT2D eigenvalue weighted by Crippen LogP contribution is -2.36. The minimum atomic E-state index is -0.732. The van der Waals surface area contributed by atoms with Crippen LogP contribution in [0.5, 0.6) is 5.75 Å². The zero-order chi connectivity index (χ0) is 22.4. The summed E-state index contributed by atoms with van der Waals surface area (Å²) in [5.41, 5.74) is 7.47. The minimum absolute atomic E-state index is 0.0170. The first-order valence-electron chi connectivity index (χ1n) is 9.55. The number of hydrogen-bond acceptors (Lipinski definition) is 6. The normalized spacial score (nSPS) is 18.0. The second-order valence-corrected chi connectivity index (χ2v) is 7.86. The van der Waals surface area contributed by atoms with Crippen LogP contribution in [0.1, 0.15) is 18.4 Å². The van der Waals surface area contributed by atoms with Gasteiger partial charge in [0.1, 0.15) is 10.8 Å². The lowest BCUT2D eigenvalue weighted by molar-refractivity contribution is -0.118. The Kier molecular flexibility index (Phi) is 7.11. The molecular formula is C23H22N4O3S. The van der Waals surface area contributed by atoms with Crippen molar-refractivity contribution < 1.29 is 14.3 Å². The topological polar surface area (TPSA) is 118 Å². The van der Waals surface area contributed by atoms with Gasteiger partial charge in [-0.05, 0) is 25.1 Å². The van der Waals surface area contributed by atoms with Crippen molar-refractivity contribution >= 4 is 35.0 Å². The number of nitrogens with one attached hydrogen (secondary N) is 1. The second kappa shape index (κ2) is 9.96. The van der Waals surface area contributed by atoms with E-state index in [1.54, 1.807) is 32.2 Å². The van der Waals surface area contributed by atoms with Gasteiger partial charge >= 0.3 is 0 Å². The molecule has 3 N–H and O–H groups in total. The van der Waals surface area contributed by atoms with Crippen molar-refractivity contribution in [2.24, 2.45) is 16.6 Å². The molecular weight excluding hydrogens is 412 g/mol. The molecule has 1 aliphatic rings. The summed E-state index contributed by atoms with van der Waals surface area (Å²) in [5.74, 6) is -1.61. The van der Waals surface area contributed by atoms with Gasteiger partial charge in [0.05, 0.1) is 30.4 Å². The average Bonchev–Trinajstić information content (AvgIpc) is 2.77. The highest BCUT2D eigenvalue weighted by Gasteiger charge is 2.40. The van der Waals surface area contributed by atoms with Crippen LogP contribution in [0.15, 0.2) is 70.2 Å². The molecule has 3 rings (SSSR count). The number of benzene rings is 2. The van der Waals surface area contributed by atoms with Crippen molar-refractivity contribution in [3.05, 3.63) is 70.8 Å². The van der Waals surface area contributed by atoms with Gasteiger partial charge in [0, 0.05) is 22.9 Å². The van der Waals surface area contributed by atoms with Crippen LogP contribution in [0.3, 0.4) is 0 Å². The summed E-state index contributed by atoms with van der Waals surface area (Å²) in [5, 5.41) is 13.3. The molecule has 1 aliphatic heterocycles. The Balaban J connectivity index is 2.10. The molecule has 158 valence electrons. The number of nitrogens with zero attached hydrogens (tertiary/aromatic N) is 2. The number of nitrogens with two attached hydrogens (primary N) is 1.